The Morgan fingerprint density at radius 2 is 2.00 bits per heavy atom. The van der Waals surface area contributed by atoms with Crippen LogP contribution in [-0.2, 0) is 24.1 Å². The molecule has 3 heterocycles. The van der Waals surface area contributed by atoms with E-state index in [1.807, 2.05) is 12.3 Å². The van der Waals surface area contributed by atoms with Gasteiger partial charge in [0.15, 0.2) is 5.13 Å². The highest BCUT2D eigenvalue weighted by Crippen LogP contribution is 2.32. The van der Waals surface area contributed by atoms with Gasteiger partial charge in [-0.05, 0) is 53.6 Å². The first-order valence-corrected chi connectivity index (χ1v) is 12.1. The summed E-state index contributed by atoms with van der Waals surface area (Å²) in [6, 6.07) is 15.1. The predicted octanol–water partition coefficient (Wildman–Crippen LogP) is 4.98. The van der Waals surface area contributed by atoms with Crippen molar-refractivity contribution in [2.45, 2.75) is 24.3 Å². The molecule has 1 aromatic heterocycles. The van der Waals surface area contributed by atoms with Gasteiger partial charge in [-0.15, -0.1) is 23.1 Å². The van der Waals surface area contributed by atoms with E-state index in [0.29, 0.717) is 13.2 Å². The van der Waals surface area contributed by atoms with E-state index in [-0.39, 0.29) is 6.09 Å². The van der Waals surface area contributed by atoms with Gasteiger partial charge in [-0.3, -0.25) is 4.90 Å². The molecular weight excluding hydrogens is 414 g/mol. The number of thiazole rings is 1. The van der Waals surface area contributed by atoms with Crippen molar-refractivity contribution >= 4 is 40.0 Å². The third-order valence-corrected chi connectivity index (χ3v) is 7.43. The van der Waals surface area contributed by atoms with E-state index in [1.54, 1.807) is 28.0 Å². The molecule has 0 spiro atoms. The zero-order chi connectivity index (χ0) is 20.5. The molecule has 0 aliphatic carbocycles. The number of ether oxygens (including phenoxy) is 1. The van der Waals surface area contributed by atoms with E-state index in [0.717, 1.165) is 36.8 Å². The van der Waals surface area contributed by atoms with E-state index >= 15 is 0 Å². The van der Waals surface area contributed by atoms with E-state index < -0.39 is 0 Å². The Labute approximate surface area is 184 Å². The summed E-state index contributed by atoms with van der Waals surface area (Å²) in [7, 11) is 0. The number of hydrogen-bond acceptors (Lipinski definition) is 6. The number of cyclic esters (lactones) is 1. The minimum absolute atomic E-state index is 0.252. The molecule has 5 rings (SSSR count). The van der Waals surface area contributed by atoms with Crippen LogP contribution >= 0.6 is 23.1 Å². The van der Waals surface area contributed by atoms with Gasteiger partial charge >= 0.3 is 6.09 Å². The Morgan fingerprint density at radius 1 is 1.13 bits per heavy atom. The van der Waals surface area contributed by atoms with E-state index in [9.17, 15) is 4.79 Å². The molecule has 0 atom stereocenters. The Kier molecular flexibility index (Phi) is 5.39. The molecule has 3 aromatic rings. The van der Waals surface area contributed by atoms with Crippen LogP contribution in [-0.4, -0.2) is 37.0 Å². The number of carbonyl (C=O) groups is 1. The third-order valence-electron chi connectivity index (χ3n) is 5.62. The fraction of sp³-hybridized carbons (Fsp3) is 0.304. The molecule has 1 amide bonds. The fourth-order valence-electron chi connectivity index (χ4n) is 3.97. The summed E-state index contributed by atoms with van der Waals surface area (Å²) in [4.78, 5) is 23.2. The van der Waals surface area contributed by atoms with Gasteiger partial charge in [0.05, 0.1) is 6.54 Å². The van der Waals surface area contributed by atoms with Crippen molar-refractivity contribution < 1.29 is 9.53 Å². The number of nitrogens with zero attached hydrogens (tertiary/aromatic N) is 3. The van der Waals surface area contributed by atoms with Crippen molar-refractivity contribution in [3.8, 4) is 0 Å². The molecule has 2 aliphatic heterocycles. The standard InChI is InChI=1S/C23H23N3O2S2/c1-29-20-6-2-16(3-7-20)12-21-14-24-22(30-21)25-9-8-17-4-5-19(13-18(17)15-25)26-10-11-28-23(26)27/h2-7,13-14H,8-12,15H2,1H3. The van der Waals surface area contributed by atoms with Gasteiger partial charge < -0.3 is 9.64 Å². The van der Waals surface area contributed by atoms with Gasteiger partial charge in [0.2, 0.25) is 0 Å². The highest BCUT2D eigenvalue weighted by Gasteiger charge is 2.26. The summed E-state index contributed by atoms with van der Waals surface area (Å²) in [5.41, 5.74) is 4.86. The molecular formula is C23H23N3O2S2. The molecule has 30 heavy (non-hydrogen) atoms. The zero-order valence-corrected chi connectivity index (χ0v) is 18.5. The molecule has 1 saturated heterocycles. The summed E-state index contributed by atoms with van der Waals surface area (Å²) in [6.07, 6.45) is 5.76. The molecule has 1 fully saturated rings. The Morgan fingerprint density at radius 3 is 2.77 bits per heavy atom. The van der Waals surface area contributed by atoms with Gasteiger partial charge in [-0.25, -0.2) is 9.78 Å². The largest absolute Gasteiger partial charge is 0.447 e. The average molecular weight is 438 g/mol. The van der Waals surface area contributed by atoms with E-state index in [2.05, 4.69) is 47.6 Å². The number of carbonyl (C=O) groups excluding carboxylic acids is 1. The van der Waals surface area contributed by atoms with Crippen molar-refractivity contribution in [3.63, 3.8) is 0 Å². The lowest BCUT2D eigenvalue weighted by Crippen LogP contribution is -2.31. The fourth-order valence-corrected chi connectivity index (χ4v) is 5.35. The molecule has 0 saturated carbocycles. The Balaban J connectivity index is 1.30. The SMILES string of the molecule is CSc1ccc(Cc2cnc(N3CCc4ccc(N5CCOC5=O)cc4C3)s2)cc1. The molecule has 2 aliphatic rings. The number of amides is 1. The summed E-state index contributed by atoms with van der Waals surface area (Å²) in [5.74, 6) is 0. The Hall–Kier alpha value is -2.51. The van der Waals surface area contributed by atoms with Crippen LogP contribution in [0.3, 0.4) is 0 Å². The minimum atomic E-state index is -0.252. The van der Waals surface area contributed by atoms with Crippen molar-refractivity contribution in [3.05, 3.63) is 70.2 Å². The lowest BCUT2D eigenvalue weighted by Gasteiger charge is -2.29. The van der Waals surface area contributed by atoms with Crippen molar-refractivity contribution in [2.75, 3.05) is 35.8 Å². The molecule has 0 unspecified atom stereocenters. The second kappa shape index (κ2) is 8.32. The summed E-state index contributed by atoms with van der Waals surface area (Å²) >= 11 is 3.54. The smallest absolute Gasteiger partial charge is 0.414 e. The number of benzene rings is 2. The first kappa shape index (κ1) is 19.5. The van der Waals surface area contributed by atoms with Crippen LogP contribution in [0.1, 0.15) is 21.6 Å². The van der Waals surface area contributed by atoms with Crippen LogP contribution in [0.15, 0.2) is 53.6 Å². The van der Waals surface area contributed by atoms with Gasteiger partial charge in [0.1, 0.15) is 6.61 Å². The summed E-state index contributed by atoms with van der Waals surface area (Å²) in [5, 5.41) is 1.07. The quantitative estimate of drug-likeness (QED) is 0.527. The third kappa shape index (κ3) is 3.91. The maximum atomic E-state index is 11.9. The van der Waals surface area contributed by atoms with Gasteiger partial charge in [-0.2, -0.15) is 0 Å². The number of anilines is 2. The van der Waals surface area contributed by atoms with Crippen LogP contribution < -0.4 is 9.80 Å². The molecule has 2 aromatic carbocycles. The second-order valence-corrected chi connectivity index (χ2v) is 9.50. The minimum Gasteiger partial charge on any atom is -0.447 e. The number of thioether (sulfide) groups is 1. The van der Waals surface area contributed by atoms with Crippen LogP contribution in [0, 0.1) is 0 Å². The highest BCUT2D eigenvalue weighted by atomic mass is 32.2. The second-order valence-electron chi connectivity index (χ2n) is 7.52. The summed E-state index contributed by atoms with van der Waals surface area (Å²) < 4.78 is 5.09. The van der Waals surface area contributed by atoms with Gasteiger partial charge in [-0.1, -0.05) is 18.2 Å². The lowest BCUT2D eigenvalue weighted by molar-refractivity contribution is 0.181. The average Bonchev–Trinajstić information content (AvgIpc) is 3.42. The summed E-state index contributed by atoms with van der Waals surface area (Å²) in [6.45, 7) is 2.87. The topological polar surface area (TPSA) is 45.7 Å². The Bertz CT molecular complexity index is 1060. The van der Waals surface area contributed by atoms with Crippen LogP contribution in [0.2, 0.25) is 0 Å². The zero-order valence-electron chi connectivity index (χ0n) is 16.8. The molecule has 154 valence electrons. The number of fused-ring (bicyclic) bond motifs is 1. The number of aromatic nitrogens is 1. The maximum Gasteiger partial charge on any atom is 0.414 e. The number of hydrogen-bond donors (Lipinski definition) is 0. The lowest BCUT2D eigenvalue weighted by atomic mass is 9.99. The van der Waals surface area contributed by atoms with Gasteiger partial charge in [0.25, 0.3) is 0 Å². The maximum absolute atomic E-state index is 11.9. The molecule has 0 N–H and O–H groups in total. The predicted molar refractivity (Wildman–Crippen MR) is 123 cm³/mol. The monoisotopic (exact) mass is 437 g/mol. The highest BCUT2D eigenvalue weighted by molar-refractivity contribution is 7.98. The van der Waals surface area contributed by atoms with Crippen LogP contribution in [0.25, 0.3) is 0 Å². The molecule has 5 nitrogen and oxygen atoms in total. The first-order chi connectivity index (χ1) is 14.7. The molecule has 7 heteroatoms. The first-order valence-electron chi connectivity index (χ1n) is 10.1. The van der Waals surface area contributed by atoms with Crippen LogP contribution in [0.4, 0.5) is 15.6 Å². The number of rotatable bonds is 5. The van der Waals surface area contributed by atoms with Crippen molar-refractivity contribution in [1.82, 2.24) is 4.98 Å². The van der Waals surface area contributed by atoms with Crippen LogP contribution in [0.5, 0.6) is 0 Å². The normalized spacial score (nSPS) is 16.0. The molecule has 0 radical (unpaired) electrons. The van der Waals surface area contributed by atoms with Gasteiger partial charge in [0, 0.05) is 41.2 Å². The van der Waals surface area contributed by atoms with Crippen molar-refractivity contribution in [1.29, 1.82) is 0 Å². The van der Waals surface area contributed by atoms with Crippen molar-refractivity contribution in [2.24, 2.45) is 0 Å². The van der Waals surface area contributed by atoms with E-state index in [4.69, 9.17) is 9.72 Å². The molecule has 0 bridgehead atoms. The van der Waals surface area contributed by atoms with E-state index in [1.165, 1.54) is 26.5 Å².